The highest BCUT2D eigenvalue weighted by Gasteiger charge is 2.27. The number of phenols is 1. The van der Waals surface area contributed by atoms with Crippen molar-refractivity contribution in [2.45, 2.75) is 39.2 Å². The van der Waals surface area contributed by atoms with Crippen LogP contribution in [0.15, 0.2) is 30.3 Å². The van der Waals surface area contributed by atoms with Crippen LogP contribution in [0, 0.1) is 12.7 Å². The summed E-state index contributed by atoms with van der Waals surface area (Å²) >= 11 is 0. The van der Waals surface area contributed by atoms with Gasteiger partial charge in [0.2, 0.25) is 0 Å². The SMILES string of the molecule is Cc1cc(C(C)(C)C)c(O)cc1NC(=O)[C@H]1CNc2ccc(F)cc2O1. The number of carbonyl (C=O) groups is 1. The number of nitrogens with one attached hydrogen (secondary N) is 2. The molecule has 0 bridgehead atoms. The minimum atomic E-state index is -0.798. The predicted octanol–water partition coefficient (Wildman–Crippen LogP) is 3.95. The van der Waals surface area contributed by atoms with Crippen LogP contribution in [0.4, 0.5) is 15.8 Å². The van der Waals surface area contributed by atoms with E-state index < -0.39 is 11.9 Å². The van der Waals surface area contributed by atoms with Gasteiger partial charge in [-0.05, 0) is 41.7 Å². The first-order valence-corrected chi connectivity index (χ1v) is 8.50. The van der Waals surface area contributed by atoms with E-state index in [2.05, 4.69) is 10.6 Å². The Hall–Kier alpha value is -2.76. The summed E-state index contributed by atoms with van der Waals surface area (Å²) in [6.45, 7) is 8.18. The lowest BCUT2D eigenvalue weighted by Gasteiger charge is -2.27. The van der Waals surface area contributed by atoms with Crippen molar-refractivity contribution in [2.75, 3.05) is 17.2 Å². The third-order valence-electron chi connectivity index (χ3n) is 4.39. The number of ether oxygens (including phenoxy) is 1. The van der Waals surface area contributed by atoms with E-state index in [4.69, 9.17) is 4.74 Å². The molecule has 2 aromatic carbocycles. The smallest absolute Gasteiger partial charge is 0.267 e. The van der Waals surface area contributed by atoms with Crippen molar-refractivity contribution in [3.05, 3.63) is 47.3 Å². The zero-order valence-electron chi connectivity index (χ0n) is 15.3. The first-order valence-electron chi connectivity index (χ1n) is 8.50. The molecule has 0 radical (unpaired) electrons. The summed E-state index contributed by atoms with van der Waals surface area (Å²) in [6.07, 6.45) is -0.798. The van der Waals surface area contributed by atoms with Crippen molar-refractivity contribution in [1.82, 2.24) is 0 Å². The lowest BCUT2D eigenvalue weighted by atomic mass is 9.85. The Balaban J connectivity index is 1.78. The number of hydrogen-bond acceptors (Lipinski definition) is 4. The molecule has 3 rings (SSSR count). The Morgan fingerprint density at radius 1 is 1.31 bits per heavy atom. The van der Waals surface area contributed by atoms with Gasteiger partial charge in [0.05, 0.1) is 12.2 Å². The molecule has 0 saturated carbocycles. The van der Waals surface area contributed by atoms with E-state index in [1.165, 1.54) is 12.1 Å². The highest BCUT2D eigenvalue weighted by Crippen LogP contribution is 2.35. The molecule has 0 aliphatic carbocycles. The van der Waals surface area contributed by atoms with Crippen LogP contribution in [-0.4, -0.2) is 23.7 Å². The number of halogens is 1. The molecule has 138 valence electrons. The quantitative estimate of drug-likeness (QED) is 0.760. The zero-order valence-corrected chi connectivity index (χ0v) is 15.3. The number of anilines is 2. The van der Waals surface area contributed by atoms with E-state index in [1.807, 2.05) is 33.8 Å². The summed E-state index contributed by atoms with van der Waals surface area (Å²) in [5.41, 5.74) is 2.62. The van der Waals surface area contributed by atoms with E-state index in [1.54, 1.807) is 12.1 Å². The van der Waals surface area contributed by atoms with Crippen molar-refractivity contribution in [3.8, 4) is 11.5 Å². The summed E-state index contributed by atoms with van der Waals surface area (Å²) in [6, 6.07) is 7.58. The fourth-order valence-corrected chi connectivity index (χ4v) is 2.93. The molecule has 2 aromatic rings. The van der Waals surface area contributed by atoms with Crippen molar-refractivity contribution >= 4 is 17.3 Å². The maximum atomic E-state index is 13.4. The summed E-state index contributed by atoms with van der Waals surface area (Å²) in [5, 5.41) is 16.1. The molecule has 1 aliphatic heterocycles. The summed E-state index contributed by atoms with van der Waals surface area (Å²) in [4.78, 5) is 12.6. The van der Waals surface area contributed by atoms with Crippen molar-refractivity contribution in [2.24, 2.45) is 0 Å². The Kier molecular flexibility index (Phi) is 4.52. The molecule has 1 heterocycles. The van der Waals surface area contributed by atoms with Gasteiger partial charge in [0, 0.05) is 17.8 Å². The molecule has 1 aliphatic rings. The number of benzene rings is 2. The molecule has 0 aromatic heterocycles. The highest BCUT2D eigenvalue weighted by molar-refractivity contribution is 5.96. The fraction of sp³-hybridized carbons (Fsp3) is 0.350. The lowest BCUT2D eigenvalue weighted by Crippen LogP contribution is -2.41. The van der Waals surface area contributed by atoms with Crippen LogP contribution in [0.2, 0.25) is 0 Å². The molecule has 26 heavy (non-hydrogen) atoms. The molecule has 0 fully saturated rings. The lowest BCUT2D eigenvalue weighted by molar-refractivity contribution is -0.122. The third kappa shape index (κ3) is 3.59. The van der Waals surface area contributed by atoms with Gasteiger partial charge in [0.25, 0.3) is 5.91 Å². The molecular weight excluding hydrogens is 335 g/mol. The molecule has 6 heteroatoms. The van der Waals surface area contributed by atoms with Crippen LogP contribution in [0.5, 0.6) is 11.5 Å². The molecule has 1 amide bonds. The predicted molar refractivity (Wildman–Crippen MR) is 99.5 cm³/mol. The second-order valence-electron chi connectivity index (χ2n) is 7.55. The Bertz CT molecular complexity index is 859. The second kappa shape index (κ2) is 6.52. The van der Waals surface area contributed by atoms with Gasteiger partial charge in [0.1, 0.15) is 17.3 Å². The molecule has 3 N–H and O–H groups in total. The maximum absolute atomic E-state index is 13.4. The molecule has 0 saturated heterocycles. The molecule has 0 unspecified atom stereocenters. The molecule has 5 nitrogen and oxygen atoms in total. The van der Waals surface area contributed by atoms with Gasteiger partial charge in [-0.1, -0.05) is 20.8 Å². The number of amides is 1. The third-order valence-corrected chi connectivity index (χ3v) is 4.39. The summed E-state index contributed by atoms with van der Waals surface area (Å²) in [7, 11) is 0. The van der Waals surface area contributed by atoms with Crippen LogP contribution in [0.25, 0.3) is 0 Å². The van der Waals surface area contributed by atoms with E-state index in [0.29, 0.717) is 17.1 Å². The zero-order chi connectivity index (χ0) is 19.1. The molecule has 0 spiro atoms. The van der Waals surface area contributed by atoms with Crippen LogP contribution >= 0.6 is 0 Å². The number of rotatable bonds is 2. The average Bonchev–Trinajstić information content (AvgIpc) is 2.56. The van der Waals surface area contributed by atoms with Crippen LogP contribution in [0.1, 0.15) is 31.9 Å². The van der Waals surface area contributed by atoms with Crippen molar-refractivity contribution in [3.63, 3.8) is 0 Å². The normalized spacial score (nSPS) is 16.3. The van der Waals surface area contributed by atoms with Gasteiger partial charge in [-0.15, -0.1) is 0 Å². The highest BCUT2D eigenvalue weighted by atomic mass is 19.1. The van der Waals surface area contributed by atoms with Crippen molar-refractivity contribution < 1.29 is 19.0 Å². The molecule has 1 atom stereocenters. The van der Waals surface area contributed by atoms with Crippen molar-refractivity contribution in [1.29, 1.82) is 0 Å². The van der Waals surface area contributed by atoms with Gasteiger partial charge in [-0.2, -0.15) is 0 Å². The number of aryl methyl sites for hydroxylation is 1. The fourth-order valence-electron chi connectivity index (χ4n) is 2.93. The van der Waals surface area contributed by atoms with Gasteiger partial charge in [-0.25, -0.2) is 4.39 Å². The minimum Gasteiger partial charge on any atom is -0.508 e. The average molecular weight is 358 g/mol. The van der Waals surface area contributed by atoms with E-state index >= 15 is 0 Å². The number of aromatic hydroxyl groups is 1. The maximum Gasteiger partial charge on any atom is 0.267 e. The van der Waals surface area contributed by atoms with Gasteiger partial charge < -0.3 is 20.5 Å². The van der Waals surface area contributed by atoms with E-state index in [9.17, 15) is 14.3 Å². The van der Waals surface area contributed by atoms with Gasteiger partial charge >= 0.3 is 0 Å². The van der Waals surface area contributed by atoms with Gasteiger partial charge in [-0.3, -0.25) is 4.79 Å². The van der Waals surface area contributed by atoms with Crippen LogP contribution < -0.4 is 15.4 Å². The number of fused-ring (bicyclic) bond motifs is 1. The topological polar surface area (TPSA) is 70.6 Å². The summed E-state index contributed by atoms with van der Waals surface area (Å²) < 4.78 is 19.0. The largest absolute Gasteiger partial charge is 0.508 e. The van der Waals surface area contributed by atoms with Crippen LogP contribution in [0.3, 0.4) is 0 Å². The van der Waals surface area contributed by atoms with E-state index in [-0.39, 0.29) is 23.6 Å². The monoisotopic (exact) mass is 358 g/mol. The first-order chi connectivity index (χ1) is 12.1. The Morgan fingerprint density at radius 2 is 2.04 bits per heavy atom. The Morgan fingerprint density at radius 3 is 2.73 bits per heavy atom. The number of phenolic OH excluding ortho intramolecular Hbond substituents is 1. The number of carbonyl (C=O) groups excluding carboxylic acids is 1. The Labute approximate surface area is 152 Å². The van der Waals surface area contributed by atoms with Gasteiger partial charge in [0.15, 0.2) is 6.10 Å². The second-order valence-corrected chi connectivity index (χ2v) is 7.55. The minimum absolute atomic E-state index is 0.133. The first kappa shape index (κ1) is 18.0. The molecular formula is C20H23FN2O3. The number of hydrogen-bond donors (Lipinski definition) is 3. The van der Waals surface area contributed by atoms with E-state index in [0.717, 1.165) is 11.1 Å². The summed E-state index contributed by atoms with van der Waals surface area (Å²) in [5.74, 6) is -0.351. The van der Waals surface area contributed by atoms with Crippen LogP contribution in [-0.2, 0) is 10.2 Å². The standard InChI is InChI=1S/C20H23FN2O3/c1-11-7-13(20(2,3)4)16(24)9-15(11)23-19(25)18-10-22-14-6-5-12(21)8-17(14)26-18/h5-9,18,22,24H,10H2,1-4H3,(H,23,25)/t18-/m1/s1.